The van der Waals surface area contributed by atoms with Crippen molar-refractivity contribution < 1.29 is 0 Å². The van der Waals surface area contributed by atoms with Gasteiger partial charge in [-0.05, 0) is 43.2 Å². The van der Waals surface area contributed by atoms with Crippen LogP contribution in [0.4, 0.5) is 5.69 Å². The summed E-state index contributed by atoms with van der Waals surface area (Å²) < 4.78 is 0. The summed E-state index contributed by atoms with van der Waals surface area (Å²) in [5.41, 5.74) is 2.36. The minimum atomic E-state index is 0.501. The molecule has 1 aliphatic carbocycles. The Morgan fingerprint density at radius 2 is 1.89 bits per heavy atom. The number of fused-ring (bicyclic) bond motifs is 2. The maximum Gasteiger partial charge on any atom is 0.0509 e. The highest BCUT2D eigenvalue weighted by Gasteiger charge is 2.31. The number of hydrogen-bond donors (Lipinski definition) is 0. The summed E-state index contributed by atoms with van der Waals surface area (Å²) >= 11 is 12.3. The van der Waals surface area contributed by atoms with Crippen LogP contribution in [0.15, 0.2) is 18.2 Å². The maximum absolute atomic E-state index is 6.26. The molecule has 2 aliphatic rings. The first-order valence-corrected chi connectivity index (χ1v) is 7.77. The Hall–Kier alpha value is -0.400. The van der Waals surface area contributed by atoms with Gasteiger partial charge in [-0.1, -0.05) is 24.1 Å². The predicted octanol–water partition coefficient (Wildman–Crippen LogP) is 4.71. The Morgan fingerprint density at radius 1 is 1.17 bits per heavy atom. The van der Waals surface area contributed by atoms with Crippen LogP contribution < -0.4 is 4.90 Å². The van der Waals surface area contributed by atoms with Crippen LogP contribution in [0.25, 0.3) is 0 Å². The zero-order valence-corrected chi connectivity index (χ0v) is 12.1. The lowest BCUT2D eigenvalue weighted by molar-refractivity contribution is 0.231. The van der Waals surface area contributed by atoms with Crippen molar-refractivity contribution in [3.63, 3.8) is 0 Å². The molecule has 2 atom stereocenters. The van der Waals surface area contributed by atoms with Crippen LogP contribution in [-0.4, -0.2) is 13.1 Å². The van der Waals surface area contributed by atoms with Crippen molar-refractivity contribution in [3.8, 4) is 0 Å². The molecule has 1 heterocycles. The van der Waals surface area contributed by atoms with E-state index in [-0.39, 0.29) is 0 Å². The number of anilines is 1. The second-order valence-corrected chi connectivity index (χ2v) is 6.35. The Kier molecular flexibility index (Phi) is 3.72. The number of halogens is 2. The molecule has 3 rings (SSSR count). The van der Waals surface area contributed by atoms with E-state index < -0.39 is 0 Å². The van der Waals surface area contributed by atoms with E-state index in [1.165, 1.54) is 44.5 Å². The second-order valence-electron chi connectivity index (χ2n) is 5.67. The summed E-state index contributed by atoms with van der Waals surface area (Å²) in [6.45, 7) is 2.36. The quantitative estimate of drug-likeness (QED) is 0.711. The number of piperidine rings is 1. The minimum absolute atomic E-state index is 0.501. The van der Waals surface area contributed by atoms with Crippen molar-refractivity contribution in [2.24, 2.45) is 11.8 Å². The van der Waals surface area contributed by atoms with Gasteiger partial charge in [0.15, 0.2) is 0 Å². The SMILES string of the molecule is ClCc1c(Cl)cccc1N1CC2CCCC(C2)C1. The summed E-state index contributed by atoms with van der Waals surface area (Å²) in [5.74, 6) is 2.25. The number of nitrogens with zero attached hydrogens (tertiary/aromatic N) is 1. The Labute approximate surface area is 119 Å². The van der Waals surface area contributed by atoms with E-state index in [4.69, 9.17) is 23.2 Å². The number of benzene rings is 1. The first kappa shape index (κ1) is 12.6. The average molecular weight is 284 g/mol. The highest BCUT2D eigenvalue weighted by Crippen LogP contribution is 2.38. The van der Waals surface area contributed by atoms with Crippen molar-refractivity contribution >= 4 is 28.9 Å². The molecule has 1 aliphatic heterocycles. The smallest absolute Gasteiger partial charge is 0.0509 e. The molecular weight excluding hydrogens is 265 g/mol. The molecular formula is C15H19Cl2N. The maximum atomic E-state index is 6.26. The first-order valence-electron chi connectivity index (χ1n) is 6.86. The van der Waals surface area contributed by atoms with E-state index in [0.29, 0.717) is 5.88 Å². The van der Waals surface area contributed by atoms with Crippen LogP contribution in [0.1, 0.15) is 31.2 Å². The molecule has 2 bridgehead atoms. The largest absolute Gasteiger partial charge is 0.371 e. The fourth-order valence-corrected chi connectivity index (χ4v) is 4.19. The standard InChI is InChI=1S/C15H19Cl2N/c16-8-13-14(17)5-2-6-15(13)18-9-11-3-1-4-12(7-11)10-18/h2,5-6,11-12H,1,3-4,7-10H2. The zero-order valence-electron chi connectivity index (χ0n) is 10.5. The van der Waals surface area contributed by atoms with Gasteiger partial charge < -0.3 is 4.90 Å². The van der Waals surface area contributed by atoms with Crippen LogP contribution in [0.3, 0.4) is 0 Å². The number of hydrogen-bond acceptors (Lipinski definition) is 1. The van der Waals surface area contributed by atoms with Crippen LogP contribution >= 0.6 is 23.2 Å². The van der Waals surface area contributed by atoms with E-state index in [1.54, 1.807) is 0 Å². The van der Waals surface area contributed by atoms with E-state index >= 15 is 0 Å². The van der Waals surface area contributed by atoms with E-state index in [1.807, 2.05) is 12.1 Å². The van der Waals surface area contributed by atoms with Gasteiger partial charge in [0.25, 0.3) is 0 Å². The van der Waals surface area contributed by atoms with Crippen LogP contribution in [-0.2, 0) is 5.88 Å². The molecule has 0 spiro atoms. The van der Waals surface area contributed by atoms with E-state index in [0.717, 1.165) is 22.4 Å². The third-order valence-electron chi connectivity index (χ3n) is 4.42. The van der Waals surface area contributed by atoms with Gasteiger partial charge >= 0.3 is 0 Å². The first-order chi connectivity index (χ1) is 8.78. The van der Waals surface area contributed by atoms with Crippen LogP contribution in [0, 0.1) is 11.8 Å². The predicted molar refractivity (Wildman–Crippen MR) is 78.7 cm³/mol. The van der Waals surface area contributed by atoms with Crippen molar-refractivity contribution in [2.45, 2.75) is 31.6 Å². The highest BCUT2D eigenvalue weighted by atomic mass is 35.5. The van der Waals surface area contributed by atoms with Crippen LogP contribution in [0.5, 0.6) is 0 Å². The lowest BCUT2D eigenvalue weighted by Crippen LogP contribution is -2.43. The molecule has 2 unspecified atom stereocenters. The average Bonchev–Trinajstić information content (AvgIpc) is 2.38. The van der Waals surface area contributed by atoms with Crippen molar-refractivity contribution in [3.05, 3.63) is 28.8 Å². The number of alkyl halides is 1. The Morgan fingerprint density at radius 3 is 2.56 bits per heavy atom. The van der Waals surface area contributed by atoms with Gasteiger partial charge in [-0.3, -0.25) is 0 Å². The third kappa shape index (κ3) is 2.35. The van der Waals surface area contributed by atoms with E-state index in [2.05, 4.69) is 11.0 Å². The molecule has 0 aromatic heterocycles. The third-order valence-corrected chi connectivity index (χ3v) is 5.04. The van der Waals surface area contributed by atoms with Gasteiger partial charge in [-0.15, -0.1) is 11.6 Å². The Balaban J connectivity index is 1.88. The topological polar surface area (TPSA) is 3.24 Å². The number of rotatable bonds is 2. The fourth-order valence-electron chi connectivity index (χ4n) is 3.60. The molecule has 3 heteroatoms. The van der Waals surface area contributed by atoms with Crippen molar-refractivity contribution in [1.82, 2.24) is 0 Å². The fraction of sp³-hybridized carbons (Fsp3) is 0.600. The van der Waals surface area contributed by atoms with Gasteiger partial charge in [0, 0.05) is 29.4 Å². The zero-order chi connectivity index (χ0) is 12.5. The van der Waals surface area contributed by atoms with Gasteiger partial charge in [0.1, 0.15) is 0 Å². The molecule has 1 aromatic carbocycles. The molecule has 18 heavy (non-hydrogen) atoms. The summed E-state index contributed by atoms with van der Waals surface area (Å²) in [4.78, 5) is 2.52. The molecule has 0 radical (unpaired) electrons. The minimum Gasteiger partial charge on any atom is -0.371 e. The highest BCUT2D eigenvalue weighted by molar-refractivity contribution is 6.32. The monoisotopic (exact) mass is 283 g/mol. The van der Waals surface area contributed by atoms with Gasteiger partial charge in [-0.2, -0.15) is 0 Å². The summed E-state index contributed by atoms with van der Waals surface area (Å²) in [5, 5.41) is 0.804. The molecule has 0 amide bonds. The molecule has 0 N–H and O–H groups in total. The molecule has 2 fully saturated rings. The van der Waals surface area contributed by atoms with Gasteiger partial charge in [0.2, 0.25) is 0 Å². The molecule has 98 valence electrons. The van der Waals surface area contributed by atoms with E-state index in [9.17, 15) is 0 Å². The summed E-state index contributed by atoms with van der Waals surface area (Å²) in [6.07, 6.45) is 5.63. The van der Waals surface area contributed by atoms with Crippen molar-refractivity contribution in [1.29, 1.82) is 0 Å². The molecule has 1 nitrogen and oxygen atoms in total. The second kappa shape index (κ2) is 5.30. The van der Waals surface area contributed by atoms with Crippen molar-refractivity contribution in [2.75, 3.05) is 18.0 Å². The van der Waals surface area contributed by atoms with Gasteiger partial charge in [0.05, 0.1) is 5.88 Å². The van der Waals surface area contributed by atoms with Crippen LogP contribution in [0.2, 0.25) is 5.02 Å². The molecule has 1 saturated carbocycles. The van der Waals surface area contributed by atoms with Gasteiger partial charge in [-0.25, -0.2) is 0 Å². The lowest BCUT2D eigenvalue weighted by atomic mass is 9.77. The normalized spacial score (nSPS) is 27.3. The summed E-state index contributed by atoms with van der Waals surface area (Å²) in [6, 6.07) is 6.15. The Bertz CT molecular complexity index is 421. The molecule has 1 saturated heterocycles. The summed E-state index contributed by atoms with van der Waals surface area (Å²) in [7, 11) is 0. The lowest BCUT2D eigenvalue weighted by Gasteiger charge is -2.43. The molecule has 1 aromatic rings.